The lowest BCUT2D eigenvalue weighted by molar-refractivity contribution is 0.140. The van der Waals surface area contributed by atoms with Gasteiger partial charge >= 0.3 is 0 Å². The van der Waals surface area contributed by atoms with Gasteiger partial charge in [-0.3, -0.25) is 0 Å². The van der Waals surface area contributed by atoms with Crippen molar-refractivity contribution in [1.29, 1.82) is 5.26 Å². The summed E-state index contributed by atoms with van der Waals surface area (Å²) in [6.45, 7) is 0. The SMILES string of the molecule is N#CC(F)=CC=CCC[C@H]1CC[C@H]([C@H]2CC[C@H](CCCCc3ccc(F)c(F)c3)CC2)CC1. The first-order chi connectivity index (χ1) is 16.0. The van der Waals surface area contributed by atoms with Crippen molar-refractivity contribution >= 4 is 0 Å². The molecule has 2 aliphatic carbocycles. The van der Waals surface area contributed by atoms with Crippen LogP contribution >= 0.6 is 0 Å². The molecule has 0 bridgehead atoms. The monoisotopic (exact) mass is 457 g/mol. The maximum atomic E-state index is 13.3. The Bertz CT molecular complexity index is 822. The molecule has 1 nitrogen and oxygen atoms in total. The normalized spacial score (nSPS) is 26.4. The smallest absolute Gasteiger partial charge is 0.199 e. The Kier molecular flexibility index (Phi) is 10.6. The van der Waals surface area contributed by atoms with Crippen LogP contribution in [0.2, 0.25) is 0 Å². The van der Waals surface area contributed by atoms with E-state index in [1.54, 1.807) is 12.1 Å². The van der Waals surface area contributed by atoms with Crippen LogP contribution in [0.15, 0.2) is 42.3 Å². The molecule has 0 heterocycles. The van der Waals surface area contributed by atoms with E-state index in [4.69, 9.17) is 5.26 Å². The molecular formula is C29H38F3N. The second-order valence-electron chi connectivity index (χ2n) is 10.2. The number of allylic oxidation sites excluding steroid dienone is 4. The molecule has 4 heteroatoms. The maximum absolute atomic E-state index is 13.3. The summed E-state index contributed by atoms with van der Waals surface area (Å²) < 4.78 is 39.1. The van der Waals surface area contributed by atoms with E-state index in [0.717, 1.165) is 48.5 Å². The molecule has 0 spiro atoms. The molecule has 2 fully saturated rings. The van der Waals surface area contributed by atoms with E-state index >= 15 is 0 Å². The molecule has 0 unspecified atom stereocenters. The molecule has 0 saturated heterocycles. The van der Waals surface area contributed by atoms with E-state index in [1.165, 1.54) is 94.9 Å². The molecule has 33 heavy (non-hydrogen) atoms. The molecule has 3 rings (SSSR count). The van der Waals surface area contributed by atoms with Gasteiger partial charge in [0.1, 0.15) is 6.07 Å². The number of aryl methyl sites for hydroxylation is 1. The number of hydrogen-bond acceptors (Lipinski definition) is 1. The van der Waals surface area contributed by atoms with E-state index < -0.39 is 17.5 Å². The van der Waals surface area contributed by atoms with Crippen LogP contribution in [0.4, 0.5) is 13.2 Å². The van der Waals surface area contributed by atoms with E-state index in [0.29, 0.717) is 0 Å². The number of rotatable bonds is 10. The Hall–Kier alpha value is -2.02. The molecule has 180 valence electrons. The van der Waals surface area contributed by atoms with Crippen LogP contribution in [0.1, 0.15) is 89.0 Å². The first-order valence-electron chi connectivity index (χ1n) is 12.9. The minimum atomic E-state index is -0.764. The molecule has 0 radical (unpaired) electrons. The lowest BCUT2D eigenvalue weighted by Gasteiger charge is -2.38. The number of nitriles is 1. The lowest BCUT2D eigenvalue weighted by atomic mass is 9.68. The standard InChI is InChI=1S/C29H38F3N/c30-27(21-33)9-3-1-2-6-22-10-15-25(16-11-22)26-17-12-23(13-18-26)7-4-5-8-24-14-19-28(31)29(32)20-24/h1,3,9,14,19-20,22-23,25-26H,2,4-8,10-13,15-18H2/t22-,23-,25-,26-. The molecule has 1 aromatic rings. The topological polar surface area (TPSA) is 23.8 Å². The van der Waals surface area contributed by atoms with Crippen molar-refractivity contribution in [1.82, 2.24) is 0 Å². The van der Waals surface area contributed by atoms with Gasteiger partial charge < -0.3 is 0 Å². The Labute approximate surface area is 197 Å². The number of halogens is 3. The third-order valence-corrected chi connectivity index (χ3v) is 7.99. The zero-order valence-corrected chi connectivity index (χ0v) is 19.8. The van der Waals surface area contributed by atoms with Gasteiger partial charge in [-0.15, -0.1) is 0 Å². The van der Waals surface area contributed by atoms with Crippen LogP contribution < -0.4 is 0 Å². The van der Waals surface area contributed by atoms with Crippen LogP contribution in [0, 0.1) is 46.6 Å². The lowest BCUT2D eigenvalue weighted by Crippen LogP contribution is -2.25. The van der Waals surface area contributed by atoms with E-state index in [2.05, 4.69) is 0 Å². The Balaban J connectivity index is 1.25. The van der Waals surface area contributed by atoms with Gasteiger partial charge in [0, 0.05) is 0 Å². The van der Waals surface area contributed by atoms with Crippen LogP contribution in [0.3, 0.4) is 0 Å². The summed E-state index contributed by atoms with van der Waals surface area (Å²) in [5.41, 5.74) is 0.897. The van der Waals surface area contributed by atoms with E-state index in [1.807, 2.05) is 6.08 Å². The second-order valence-corrected chi connectivity index (χ2v) is 10.2. The molecule has 0 amide bonds. The average molecular weight is 458 g/mol. The highest BCUT2D eigenvalue weighted by atomic mass is 19.2. The first kappa shape index (κ1) is 25.6. The highest BCUT2D eigenvalue weighted by Crippen LogP contribution is 2.43. The van der Waals surface area contributed by atoms with Crippen molar-refractivity contribution in [2.45, 2.75) is 89.9 Å². The van der Waals surface area contributed by atoms with Gasteiger partial charge in [0.05, 0.1) is 0 Å². The fourth-order valence-electron chi connectivity index (χ4n) is 5.97. The third kappa shape index (κ3) is 8.69. The summed E-state index contributed by atoms with van der Waals surface area (Å²) in [6, 6.07) is 5.75. The van der Waals surface area contributed by atoms with Crippen LogP contribution in [-0.4, -0.2) is 0 Å². The van der Waals surface area contributed by atoms with Gasteiger partial charge in [-0.25, -0.2) is 8.78 Å². The predicted octanol–water partition coefficient (Wildman–Crippen LogP) is 9.00. The largest absolute Gasteiger partial charge is 0.204 e. The fraction of sp³-hybridized carbons (Fsp3) is 0.621. The van der Waals surface area contributed by atoms with Crippen LogP contribution in [-0.2, 0) is 6.42 Å². The highest BCUT2D eigenvalue weighted by molar-refractivity contribution is 5.19. The zero-order chi connectivity index (χ0) is 23.5. The minimum Gasteiger partial charge on any atom is -0.204 e. The fourth-order valence-corrected chi connectivity index (χ4v) is 5.97. The molecule has 0 N–H and O–H groups in total. The Morgan fingerprint density at radius 3 is 2.12 bits per heavy atom. The van der Waals surface area contributed by atoms with Gasteiger partial charge in [0.2, 0.25) is 0 Å². The van der Waals surface area contributed by atoms with Gasteiger partial charge in [-0.05, 0) is 98.8 Å². The maximum Gasteiger partial charge on any atom is 0.199 e. The van der Waals surface area contributed by atoms with Gasteiger partial charge in [0.25, 0.3) is 0 Å². The molecule has 0 atom stereocenters. The van der Waals surface area contributed by atoms with Crippen molar-refractivity contribution in [3.8, 4) is 6.07 Å². The summed E-state index contributed by atoms with van der Waals surface area (Å²) in [5, 5.41) is 8.40. The van der Waals surface area contributed by atoms with Crippen LogP contribution in [0.5, 0.6) is 0 Å². The van der Waals surface area contributed by atoms with Crippen molar-refractivity contribution < 1.29 is 13.2 Å². The molecule has 0 aliphatic heterocycles. The Morgan fingerprint density at radius 1 is 0.879 bits per heavy atom. The summed E-state index contributed by atoms with van der Waals surface area (Å²) in [5.74, 6) is 1.21. The Morgan fingerprint density at radius 2 is 1.52 bits per heavy atom. The number of nitrogens with zero attached hydrogens (tertiary/aromatic N) is 1. The summed E-state index contributed by atoms with van der Waals surface area (Å²) >= 11 is 0. The number of benzene rings is 1. The van der Waals surface area contributed by atoms with E-state index in [9.17, 15) is 13.2 Å². The van der Waals surface area contributed by atoms with Crippen molar-refractivity contribution in [2.75, 3.05) is 0 Å². The molecule has 2 saturated carbocycles. The highest BCUT2D eigenvalue weighted by Gasteiger charge is 2.30. The summed E-state index contributed by atoms with van der Waals surface area (Å²) in [4.78, 5) is 0. The third-order valence-electron chi connectivity index (χ3n) is 7.99. The molecule has 1 aromatic carbocycles. The predicted molar refractivity (Wildman–Crippen MR) is 128 cm³/mol. The quantitative estimate of drug-likeness (QED) is 0.195. The van der Waals surface area contributed by atoms with E-state index in [-0.39, 0.29) is 0 Å². The average Bonchev–Trinajstić information content (AvgIpc) is 2.84. The number of hydrogen-bond donors (Lipinski definition) is 0. The van der Waals surface area contributed by atoms with Gasteiger partial charge in [-0.1, -0.05) is 56.7 Å². The summed E-state index contributed by atoms with van der Waals surface area (Å²) in [6.07, 6.45) is 22.2. The van der Waals surface area contributed by atoms with Crippen molar-refractivity contribution in [2.24, 2.45) is 23.7 Å². The second kappa shape index (κ2) is 13.6. The zero-order valence-electron chi connectivity index (χ0n) is 19.8. The van der Waals surface area contributed by atoms with Gasteiger partial charge in [-0.2, -0.15) is 9.65 Å². The van der Waals surface area contributed by atoms with Crippen LogP contribution in [0.25, 0.3) is 0 Å². The minimum absolute atomic E-state index is 0.733. The molecule has 0 aromatic heterocycles. The van der Waals surface area contributed by atoms with Crippen molar-refractivity contribution in [3.63, 3.8) is 0 Å². The first-order valence-corrected chi connectivity index (χ1v) is 12.9. The van der Waals surface area contributed by atoms with Gasteiger partial charge in [0.15, 0.2) is 17.5 Å². The molecule has 2 aliphatic rings. The number of unbranched alkanes of at least 4 members (excludes halogenated alkanes) is 1. The molecular weight excluding hydrogens is 419 g/mol. The summed E-state index contributed by atoms with van der Waals surface area (Å²) in [7, 11) is 0. The van der Waals surface area contributed by atoms with Crippen molar-refractivity contribution in [3.05, 3.63) is 59.5 Å².